The highest BCUT2D eigenvalue weighted by Crippen LogP contribution is 2.15. The molecule has 4 nitrogen and oxygen atoms in total. The van der Waals surface area contributed by atoms with Crippen molar-refractivity contribution >= 4 is 23.2 Å². The van der Waals surface area contributed by atoms with E-state index in [9.17, 15) is 9.59 Å². The van der Waals surface area contributed by atoms with Crippen molar-refractivity contribution in [1.29, 1.82) is 0 Å². The van der Waals surface area contributed by atoms with Crippen LogP contribution < -0.4 is 5.32 Å². The predicted octanol–water partition coefficient (Wildman–Crippen LogP) is 1.28. The Morgan fingerprint density at radius 2 is 2.19 bits per heavy atom. The van der Waals surface area contributed by atoms with E-state index >= 15 is 0 Å². The third-order valence-corrected chi connectivity index (χ3v) is 3.06. The van der Waals surface area contributed by atoms with E-state index < -0.39 is 12.0 Å². The summed E-state index contributed by atoms with van der Waals surface area (Å²) in [6, 6.07) is 3.29. The van der Waals surface area contributed by atoms with Gasteiger partial charge in [-0.3, -0.25) is 4.79 Å². The van der Waals surface area contributed by atoms with Crippen LogP contribution >= 0.6 is 11.3 Å². The average molecular weight is 241 g/mol. The monoisotopic (exact) mass is 241 g/mol. The molecule has 5 heteroatoms. The summed E-state index contributed by atoms with van der Waals surface area (Å²) in [5.41, 5.74) is 0. The highest BCUT2D eigenvalue weighted by atomic mass is 32.1. The summed E-state index contributed by atoms with van der Waals surface area (Å²) in [7, 11) is 1.30. The Balaban J connectivity index is 2.45. The third-order valence-electron chi connectivity index (χ3n) is 2.06. The van der Waals surface area contributed by atoms with Gasteiger partial charge in [0.2, 0.25) is 5.91 Å². The lowest BCUT2D eigenvalue weighted by molar-refractivity contribution is -0.144. The van der Waals surface area contributed by atoms with Crippen molar-refractivity contribution in [1.82, 2.24) is 5.32 Å². The van der Waals surface area contributed by atoms with Gasteiger partial charge >= 0.3 is 5.97 Å². The molecule has 0 aliphatic heterocycles. The number of methoxy groups -OCH3 is 1. The summed E-state index contributed by atoms with van der Waals surface area (Å²) in [5.74, 6) is -0.601. The van der Waals surface area contributed by atoms with Crippen LogP contribution in [0.5, 0.6) is 0 Å². The van der Waals surface area contributed by atoms with Crippen molar-refractivity contribution in [3.63, 3.8) is 0 Å². The first-order valence-electron chi connectivity index (χ1n) is 4.95. The average Bonchev–Trinajstić information content (AvgIpc) is 2.62. The molecule has 1 rings (SSSR count). The minimum atomic E-state index is -0.599. The number of hydrogen-bond donors (Lipinski definition) is 1. The Bertz CT molecular complexity index is 386. The van der Waals surface area contributed by atoms with Gasteiger partial charge in [-0.2, -0.15) is 0 Å². The molecule has 0 radical (unpaired) electrons. The number of thiophene rings is 1. The van der Waals surface area contributed by atoms with Crippen LogP contribution in [0.3, 0.4) is 0 Å². The molecule has 1 aromatic heterocycles. The van der Waals surface area contributed by atoms with Crippen LogP contribution in [0.1, 0.15) is 16.7 Å². The van der Waals surface area contributed by atoms with Gasteiger partial charge in [0.1, 0.15) is 6.04 Å². The molecule has 0 aliphatic carbocycles. The number of hydrogen-bond acceptors (Lipinski definition) is 4. The molecule has 1 atom stereocenters. The van der Waals surface area contributed by atoms with Crippen LogP contribution in [0.15, 0.2) is 12.1 Å². The fourth-order valence-electron chi connectivity index (χ4n) is 1.27. The van der Waals surface area contributed by atoms with Gasteiger partial charge in [0, 0.05) is 9.75 Å². The smallest absolute Gasteiger partial charge is 0.328 e. The number of aryl methyl sites for hydroxylation is 1. The Kier molecular flexibility index (Phi) is 4.49. The number of ether oxygens (including phenoxy) is 1. The minimum absolute atomic E-state index is 0.167. The quantitative estimate of drug-likeness (QED) is 0.808. The zero-order chi connectivity index (χ0) is 12.1. The highest BCUT2D eigenvalue weighted by Gasteiger charge is 2.16. The summed E-state index contributed by atoms with van der Waals surface area (Å²) < 4.78 is 4.52. The molecule has 0 saturated carbocycles. The SMILES string of the molecule is COC(=O)[C@H](C)NC(=O)Cc1ccc(C)s1. The Hall–Kier alpha value is -1.36. The second-order valence-corrected chi connectivity index (χ2v) is 4.87. The molecule has 1 amide bonds. The summed E-state index contributed by atoms with van der Waals surface area (Å²) in [4.78, 5) is 24.8. The van der Waals surface area contributed by atoms with Crippen LogP contribution in [0.2, 0.25) is 0 Å². The Morgan fingerprint density at radius 3 is 2.69 bits per heavy atom. The van der Waals surface area contributed by atoms with E-state index in [1.54, 1.807) is 18.3 Å². The van der Waals surface area contributed by atoms with Crippen molar-refractivity contribution in [2.45, 2.75) is 26.3 Å². The predicted molar refractivity (Wildman–Crippen MR) is 62.4 cm³/mol. The fraction of sp³-hybridized carbons (Fsp3) is 0.455. The molecule has 88 valence electrons. The van der Waals surface area contributed by atoms with E-state index in [2.05, 4.69) is 10.1 Å². The number of nitrogens with one attached hydrogen (secondary N) is 1. The van der Waals surface area contributed by atoms with E-state index in [1.165, 1.54) is 12.0 Å². The topological polar surface area (TPSA) is 55.4 Å². The molecule has 1 aromatic rings. The second-order valence-electron chi connectivity index (χ2n) is 3.50. The van der Waals surface area contributed by atoms with Crippen molar-refractivity contribution in [3.8, 4) is 0 Å². The Morgan fingerprint density at radius 1 is 1.50 bits per heavy atom. The first kappa shape index (κ1) is 12.7. The normalized spacial score (nSPS) is 11.9. The second kappa shape index (κ2) is 5.65. The van der Waals surface area contributed by atoms with Gasteiger partial charge in [-0.15, -0.1) is 11.3 Å². The number of carbonyl (C=O) groups is 2. The maximum absolute atomic E-state index is 11.5. The summed E-state index contributed by atoms with van der Waals surface area (Å²) >= 11 is 1.58. The molecule has 1 heterocycles. The van der Waals surface area contributed by atoms with E-state index in [-0.39, 0.29) is 5.91 Å². The molecule has 0 bridgehead atoms. The number of esters is 1. The molecule has 0 saturated heterocycles. The van der Waals surface area contributed by atoms with Gasteiger partial charge in [-0.25, -0.2) is 4.79 Å². The standard InChI is InChI=1S/C11H15NO3S/c1-7-4-5-9(16-7)6-10(13)12-8(2)11(14)15-3/h4-5,8H,6H2,1-3H3,(H,12,13)/t8-/m0/s1. The van der Waals surface area contributed by atoms with Gasteiger partial charge in [-0.05, 0) is 26.0 Å². The van der Waals surface area contributed by atoms with Gasteiger partial charge in [0.25, 0.3) is 0 Å². The Labute approximate surface area is 98.6 Å². The van der Waals surface area contributed by atoms with Crippen molar-refractivity contribution in [2.75, 3.05) is 7.11 Å². The fourth-order valence-corrected chi connectivity index (χ4v) is 2.16. The van der Waals surface area contributed by atoms with Crippen LogP contribution in [0.4, 0.5) is 0 Å². The van der Waals surface area contributed by atoms with Crippen molar-refractivity contribution < 1.29 is 14.3 Å². The maximum Gasteiger partial charge on any atom is 0.328 e. The van der Waals surface area contributed by atoms with Crippen LogP contribution in [0.25, 0.3) is 0 Å². The number of rotatable bonds is 4. The lowest BCUT2D eigenvalue weighted by atomic mass is 10.3. The molecule has 16 heavy (non-hydrogen) atoms. The molecule has 0 spiro atoms. The van der Waals surface area contributed by atoms with E-state index in [0.717, 1.165) is 4.88 Å². The van der Waals surface area contributed by atoms with Crippen LogP contribution in [0, 0.1) is 6.92 Å². The van der Waals surface area contributed by atoms with Gasteiger partial charge in [0.05, 0.1) is 13.5 Å². The maximum atomic E-state index is 11.5. The van der Waals surface area contributed by atoms with Gasteiger partial charge in [0.15, 0.2) is 0 Å². The van der Waals surface area contributed by atoms with E-state index in [0.29, 0.717) is 6.42 Å². The van der Waals surface area contributed by atoms with Crippen molar-refractivity contribution in [3.05, 3.63) is 21.9 Å². The number of amides is 1. The largest absolute Gasteiger partial charge is 0.467 e. The molecule has 0 aliphatic rings. The van der Waals surface area contributed by atoms with Gasteiger partial charge < -0.3 is 10.1 Å². The molecular formula is C11H15NO3S. The summed E-state index contributed by atoms with van der Waals surface area (Å²) in [6.45, 7) is 3.59. The molecular weight excluding hydrogens is 226 g/mol. The van der Waals surface area contributed by atoms with E-state index in [4.69, 9.17) is 0 Å². The van der Waals surface area contributed by atoms with Crippen molar-refractivity contribution in [2.24, 2.45) is 0 Å². The zero-order valence-electron chi connectivity index (χ0n) is 9.57. The lowest BCUT2D eigenvalue weighted by Gasteiger charge is -2.10. The summed E-state index contributed by atoms with van der Waals surface area (Å²) in [6.07, 6.45) is 0.305. The van der Waals surface area contributed by atoms with Gasteiger partial charge in [-0.1, -0.05) is 0 Å². The summed E-state index contributed by atoms with van der Waals surface area (Å²) in [5, 5.41) is 2.58. The molecule has 0 aromatic carbocycles. The number of carbonyl (C=O) groups excluding carboxylic acids is 2. The third kappa shape index (κ3) is 3.66. The minimum Gasteiger partial charge on any atom is -0.467 e. The van der Waals surface area contributed by atoms with Crippen LogP contribution in [-0.2, 0) is 20.7 Å². The lowest BCUT2D eigenvalue weighted by Crippen LogP contribution is -2.39. The first-order chi connectivity index (χ1) is 7.52. The highest BCUT2D eigenvalue weighted by molar-refractivity contribution is 7.12. The molecule has 0 unspecified atom stereocenters. The van der Waals surface area contributed by atoms with Crippen LogP contribution in [-0.4, -0.2) is 25.0 Å². The zero-order valence-corrected chi connectivity index (χ0v) is 10.4. The first-order valence-corrected chi connectivity index (χ1v) is 5.77. The molecule has 0 fully saturated rings. The van der Waals surface area contributed by atoms with E-state index in [1.807, 2.05) is 19.1 Å². The molecule has 1 N–H and O–H groups in total.